The molecule has 0 heterocycles. The van der Waals surface area contributed by atoms with Crippen molar-refractivity contribution in [2.75, 3.05) is 13.1 Å². The number of carboxylic acid groups (broad SMARTS) is 1. The number of carbonyl (C=O) groups is 1. The normalized spacial score (nSPS) is 13.0. The van der Waals surface area contributed by atoms with Crippen molar-refractivity contribution in [3.8, 4) is 0 Å². The highest BCUT2D eigenvalue weighted by Crippen LogP contribution is 1.87. The maximum Gasteiger partial charge on any atom is 0.304 e. The Balaban J connectivity index is 2.98. The van der Waals surface area contributed by atoms with Gasteiger partial charge >= 0.3 is 5.97 Å². The molecule has 0 amide bonds. The standard InChI is InChI=1S/C6H13NO2S/c1-5(10)4-7-3-2-6(8)9/h5,7,10H,2-4H2,1H3,(H,8,9). The Kier molecular flexibility index (Phi) is 5.43. The first-order valence-electron chi connectivity index (χ1n) is 3.23. The van der Waals surface area contributed by atoms with Crippen LogP contribution in [0, 0.1) is 0 Å². The van der Waals surface area contributed by atoms with E-state index in [-0.39, 0.29) is 11.7 Å². The van der Waals surface area contributed by atoms with Gasteiger partial charge in [-0.15, -0.1) is 0 Å². The minimum atomic E-state index is -0.765. The molecule has 0 aliphatic carbocycles. The Bertz CT molecular complexity index is 106. The molecule has 0 fully saturated rings. The van der Waals surface area contributed by atoms with Gasteiger partial charge in [0.05, 0.1) is 6.42 Å². The molecule has 0 aromatic heterocycles. The summed E-state index contributed by atoms with van der Waals surface area (Å²) in [6, 6.07) is 0. The van der Waals surface area contributed by atoms with E-state index in [1.165, 1.54) is 0 Å². The van der Waals surface area contributed by atoms with Gasteiger partial charge in [-0.25, -0.2) is 0 Å². The maximum absolute atomic E-state index is 9.98. The first-order chi connectivity index (χ1) is 4.63. The summed E-state index contributed by atoms with van der Waals surface area (Å²) in [5.74, 6) is -0.765. The molecule has 0 bridgehead atoms. The minimum absolute atomic E-state index is 0.181. The van der Waals surface area contributed by atoms with Gasteiger partial charge in [-0.2, -0.15) is 12.6 Å². The van der Waals surface area contributed by atoms with E-state index in [9.17, 15) is 4.79 Å². The Morgan fingerprint density at radius 3 is 2.80 bits per heavy atom. The molecule has 0 aromatic carbocycles. The van der Waals surface area contributed by atoms with E-state index in [4.69, 9.17) is 5.11 Å². The second-order valence-corrected chi connectivity index (χ2v) is 3.08. The van der Waals surface area contributed by atoms with Crippen molar-refractivity contribution in [1.82, 2.24) is 5.32 Å². The van der Waals surface area contributed by atoms with Crippen molar-refractivity contribution in [1.29, 1.82) is 0 Å². The van der Waals surface area contributed by atoms with Gasteiger partial charge in [-0.3, -0.25) is 4.79 Å². The average Bonchev–Trinajstić information content (AvgIpc) is 1.79. The van der Waals surface area contributed by atoms with Crippen LogP contribution in [0.1, 0.15) is 13.3 Å². The third kappa shape index (κ3) is 7.78. The molecule has 0 spiro atoms. The summed E-state index contributed by atoms with van der Waals surface area (Å²) in [7, 11) is 0. The molecular weight excluding hydrogens is 150 g/mol. The molecule has 0 saturated carbocycles. The molecule has 0 radical (unpaired) electrons. The van der Waals surface area contributed by atoms with E-state index >= 15 is 0 Å². The van der Waals surface area contributed by atoms with Crippen LogP contribution in [-0.2, 0) is 4.79 Å². The molecule has 0 rings (SSSR count). The summed E-state index contributed by atoms with van der Waals surface area (Å²) in [6.07, 6.45) is 0.181. The highest BCUT2D eigenvalue weighted by Gasteiger charge is 1.96. The molecule has 60 valence electrons. The topological polar surface area (TPSA) is 49.3 Å². The predicted octanol–water partition coefficient (Wildman–Crippen LogP) is 0.369. The third-order valence-electron chi connectivity index (χ3n) is 0.955. The second kappa shape index (κ2) is 5.56. The average molecular weight is 163 g/mol. The number of thiol groups is 1. The quantitative estimate of drug-likeness (QED) is 0.405. The summed E-state index contributed by atoms with van der Waals surface area (Å²) in [4.78, 5) is 9.98. The largest absolute Gasteiger partial charge is 0.481 e. The fraction of sp³-hybridized carbons (Fsp3) is 0.833. The molecule has 0 aliphatic heterocycles. The van der Waals surface area contributed by atoms with Crippen molar-refractivity contribution >= 4 is 18.6 Å². The Labute approximate surface area is 66.2 Å². The molecule has 4 heteroatoms. The summed E-state index contributed by atoms with van der Waals surface area (Å²) in [6.45, 7) is 3.24. The number of nitrogens with one attached hydrogen (secondary N) is 1. The molecule has 2 N–H and O–H groups in total. The first-order valence-corrected chi connectivity index (χ1v) is 3.75. The highest BCUT2D eigenvalue weighted by molar-refractivity contribution is 7.80. The van der Waals surface area contributed by atoms with Crippen LogP contribution in [0.5, 0.6) is 0 Å². The number of hydrogen-bond acceptors (Lipinski definition) is 3. The molecule has 0 aromatic rings. The van der Waals surface area contributed by atoms with Crippen LogP contribution < -0.4 is 5.32 Å². The third-order valence-corrected chi connectivity index (χ3v) is 1.14. The Morgan fingerprint density at radius 2 is 2.40 bits per heavy atom. The molecule has 0 saturated heterocycles. The van der Waals surface area contributed by atoms with Crippen LogP contribution in [0.3, 0.4) is 0 Å². The van der Waals surface area contributed by atoms with E-state index in [1.54, 1.807) is 0 Å². The predicted molar refractivity (Wildman–Crippen MR) is 43.6 cm³/mol. The summed E-state index contributed by atoms with van der Waals surface area (Å²) >= 11 is 4.11. The molecule has 3 nitrogen and oxygen atoms in total. The van der Waals surface area contributed by atoms with E-state index in [1.807, 2.05) is 6.92 Å². The van der Waals surface area contributed by atoms with E-state index in [0.717, 1.165) is 6.54 Å². The summed E-state index contributed by atoms with van der Waals surface area (Å²) < 4.78 is 0. The number of carboxylic acids is 1. The second-order valence-electron chi connectivity index (χ2n) is 2.20. The molecular formula is C6H13NO2S. The van der Waals surface area contributed by atoms with Gasteiger partial charge in [-0.05, 0) is 0 Å². The van der Waals surface area contributed by atoms with E-state index < -0.39 is 5.97 Å². The lowest BCUT2D eigenvalue weighted by molar-refractivity contribution is -0.136. The van der Waals surface area contributed by atoms with Crippen LogP contribution >= 0.6 is 12.6 Å². The van der Waals surface area contributed by atoms with Gasteiger partial charge in [0, 0.05) is 18.3 Å². The summed E-state index contributed by atoms with van der Waals surface area (Å²) in [5.41, 5.74) is 0. The van der Waals surface area contributed by atoms with Gasteiger partial charge in [0.15, 0.2) is 0 Å². The number of aliphatic carboxylic acids is 1. The van der Waals surface area contributed by atoms with E-state index in [2.05, 4.69) is 17.9 Å². The van der Waals surface area contributed by atoms with Crippen molar-refractivity contribution in [2.45, 2.75) is 18.6 Å². The van der Waals surface area contributed by atoms with Crippen molar-refractivity contribution in [3.05, 3.63) is 0 Å². The lowest BCUT2D eigenvalue weighted by Gasteiger charge is -2.03. The minimum Gasteiger partial charge on any atom is -0.481 e. The number of hydrogen-bond donors (Lipinski definition) is 3. The van der Waals surface area contributed by atoms with Gasteiger partial charge in [0.25, 0.3) is 0 Å². The fourth-order valence-corrected chi connectivity index (χ4v) is 0.635. The molecule has 0 aliphatic rings. The van der Waals surface area contributed by atoms with Gasteiger partial charge in [0.1, 0.15) is 0 Å². The van der Waals surface area contributed by atoms with Gasteiger partial charge in [0.2, 0.25) is 0 Å². The zero-order valence-electron chi connectivity index (χ0n) is 6.00. The smallest absolute Gasteiger partial charge is 0.304 e. The van der Waals surface area contributed by atoms with Crippen LogP contribution in [0.15, 0.2) is 0 Å². The van der Waals surface area contributed by atoms with Crippen molar-refractivity contribution < 1.29 is 9.90 Å². The summed E-state index contributed by atoms with van der Waals surface area (Å²) in [5, 5.41) is 11.5. The van der Waals surface area contributed by atoms with Crippen molar-refractivity contribution in [2.24, 2.45) is 0 Å². The Morgan fingerprint density at radius 1 is 1.80 bits per heavy atom. The molecule has 1 atom stereocenters. The Hall–Kier alpha value is -0.220. The monoisotopic (exact) mass is 163 g/mol. The zero-order chi connectivity index (χ0) is 7.98. The van der Waals surface area contributed by atoms with Crippen LogP contribution in [0.2, 0.25) is 0 Å². The van der Waals surface area contributed by atoms with Crippen LogP contribution in [-0.4, -0.2) is 29.4 Å². The number of rotatable bonds is 5. The first kappa shape index (κ1) is 9.78. The lowest BCUT2D eigenvalue weighted by Crippen LogP contribution is -2.24. The fourth-order valence-electron chi connectivity index (χ4n) is 0.506. The van der Waals surface area contributed by atoms with Gasteiger partial charge in [-0.1, -0.05) is 6.92 Å². The maximum atomic E-state index is 9.98. The lowest BCUT2D eigenvalue weighted by atomic mass is 10.4. The highest BCUT2D eigenvalue weighted by atomic mass is 32.1. The van der Waals surface area contributed by atoms with E-state index in [0.29, 0.717) is 6.54 Å². The van der Waals surface area contributed by atoms with Crippen molar-refractivity contribution in [3.63, 3.8) is 0 Å². The zero-order valence-corrected chi connectivity index (χ0v) is 6.90. The molecule has 10 heavy (non-hydrogen) atoms. The van der Waals surface area contributed by atoms with Crippen LogP contribution in [0.4, 0.5) is 0 Å². The SMILES string of the molecule is CC(S)CNCCC(=O)O. The van der Waals surface area contributed by atoms with Gasteiger partial charge < -0.3 is 10.4 Å². The van der Waals surface area contributed by atoms with Crippen LogP contribution in [0.25, 0.3) is 0 Å². The molecule has 1 unspecified atom stereocenters.